The summed E-state index contributed by atoms with van der Waals surface area (Å²) in [5.74, 6) is 0.152. The van der Waals surface area contributed by atoms with Crippen LogP contribution in [0.4, 0.5) is 0 Å². The molecule has 0 aliphatic carbocycles. The van der Waals surface area contributed by atoms with Crippen molar-refractivity contribution in [2.75, 3.05) is 20.2 Å². The number of nitrogens with one attached hydrogen (secondary N) is 1. The SMILES string of the molecule is COc1ccccc1C(=O)NCC(=O)N1CCC[C@H]1c1ccsc1. The first-order valence-corrected chi connectivity index (χ1v) is 8.87. The molecule has 2 aromatic rings. The van der Waals surface area contributed by atoms with Crippen LogP contribution in [0.1, 0.15) is 34.8 Å². The molecule has 1 aromatic heterocycles. The fourth-order valence-corrected chi connectivity index (χ4v) is 3.77. The minimum Gasteiger partial charge on any atom is -0.496 e. The molecule has 0 saturated carbocycles. The van der Waals surface area contributed by atoms with Crippen molar-refractivity contribution in [2.45, 2.75) is 18.9 Å². The molecule has 2 heterocycles. The lowest BCUT2D eigenvalue weighted by Crippen LogP contribution is -2.39. The summed E-state index contributed by atoms with van der Waals surface area (Å²) in [5, 5.41) is 6.82. The van der Waals surface area contributed by atoms with E-state index in [2.05, 4.69) is 16.8 Å². The number of amides is 2. The van der Waals surface area contributed by atoms with E-state index in [9.17, 15) is 9.59 Å². The third-order valence-electron chi connectivity index (χ3n) is 4.25. The first-order chi connectivity index (χ1) is 11.7. The molecule has 0 bridgehead atoms. The summed E-state index contributed by atoms with van der Waals surface area (Å²) >= 11 is 1.64. The van der Waals surface area contributed by atoms with Gasteiger partial charge in [0.2, 0.25) is 5.91 Å². The van der Waals surface area contributed by atoms with E-state index in [4.69, 9.17) is 4.74 Å². The van der Waals surface area contributed by atoms with Gasteiger partial charge in [-0.2, -0.15) is 11.3 Å². The molecule has 2 amide bonds. The maximum atomic E-state index is 12.5. The van der Waals surface area contributed by atoms with Crippen LogP contribution in [0, 0.1) is 0 Å². The third kappa shape index (κ3) is 3.43. The second-order valence-electron chi connectivity index (χ2n) is 5.68. The zero-order chi connectivity index (χ0) is 16.9. The Balaban J connectivity index is 1.62. The van der Waals surface area contributed by atoms with Gasteiger partial charge in [-0.25, -0.2) is 0 Å². The van der Waals surface area contributed by atoms with Crippen LogP contribution in [-0.2, 0) is 4.79 Å². The van der Waals surface area contributed by atoms with E-state index in [1.165, 1.54) is 12.7 Å². The number of carbonyl (C=O) groups excluding carboxylic acids is 2. The van der Waals surface area contributed by atoms with Crippen molar-refractivity contribution < 1.29 is 14.3 Å². The molecule has 1 saturated heterocycles. The highest BCUT2D eigenvalue weighted by atomic mass is 32.1. The molecule has 126 valence electrons. The van der Waals surface area contributed by atoms with Crippen molar-refractivity contribution in [3.8, 4) is 5.75 Å². The summed E-state index contributed by atoms with van der Waals surface area (Å²) in [5.41, 5.74) is 1.62. The van der Waals surface area contributed by atoms with E-state index >= 15 is 0 Å². The molecule has 0 radical (unpaired) electrons. The summed E-state index contributed by atoms with van der Waals surface area (Å²) in [6.45, 7) is 0.737. The van der Waals surface area contributed by atoms with Crippen molar-refractivity contribution in [1.82, 2.24) is 10.2 Å². The zero-order valence-electron chi connectivity index (χ0n) is 13.5. The standard InChI is InChI=1S/C18H20N2O3S/c1-23-16-7-3-2-5-14(16)18(22)19-11-17(21)20-9-4-6-15(20)13-8-10-24-12-13/h2-3,5,7-8,10,12,15H,4,6,9,11H2,1H3,(H,19,22)/t15-/m0/s1. The van der Waals surface area contributed by atoms with Crippen LogP contribution < -0.4 is 10.1 Å². The fourth-order valence-electron chi connectivity index (χ4n) is 3.06. The number of nitrogens with zero attached hydrogens (tertiary/aromatic N) is 1. The Morgan fingerprint density at radius 3 is 2.92 bits per heavy atom. The second-order valence-corrected chi connectivity index (χ2v) is 6.46. The van der Waals surface area contributed by atoms with Crippen molar-refractivity contribution >= 4 is 23.2 Å². The Hall–Kier alpha value is -2.34. The van der Waals surface area contributed by atoms with E-state index in [0.29, 0.717) is 11.3 Å². The molecule has 1 atom stereocenters. The van der Waals surface area contributed by atoms with E-state index in [1.807, 2.05) is 10.3 Å². The highest BCUT2D eigenvalue weighted by Crippen LogP contribution is 2.32. The summed E-state index contributed by atoms with van der Waals surface area (Å²) in [6.07, 6.45) is 1.97. The zero-order valence-corrected chi connectivity index (χ0v) is 14.3. The van der Waals surface area contributed by atoms with Crippen molar-refractivity contribution in [3.05, 3.63) is 52.2 Å². The highest BCUT2D eigenvalue weighted by molar-refractivity contribution is 7.08. The van der Waals surface area contributed by atoms with E-state index in [-0.39, 0.29) is 24.4 Å². The predicted molar refractivity (Wildman–Crippen MR) is 93.3 cm³/mol. The van der Waals surface area contributed by atoms with Gasteiger partial charge < -0.3 is 15.0 Å². The number of methoxy groups -OCH3 is 1. The Morgan fingerprint density at radius 2 is 2.17 bits per heavy atom. The number of rotatable bonds is 5. The summed E-state index contributed by atoms with van der Waals surface area (Å²) < 4.78 is 5.18. The van der Waals surface area contributed by atoms with E-state index in [1.54, 1.807) is 35.6 Å². The number of hydrogen-bond donors (Lipinski definition) is 1. The Labute approximate surface area is 145 Å². The summed E-state index contributed by atoms with van der Waals surface area (Å²) in [6, 6.07) is 9.18. The lowest BCUT2D eigenvalue weighted by molar-refractivity contribution is -0.131. The van der Waals surface area contributed by atoms with Gasteiger partial charge in [-0.15, -0.1) is 0 Å². The number of carbonyl (C=O) groups is 2. The van der Waals surface area contributed by atoms with Crippen molar-refractivity contribution in [1.29, 1.82) is 0 Å². The van der Waals surface area contributed by atoms with Gasteiger partial charge in [0.25, 0.3) is 5.91 Å². The molecule has 1 N–H and O–H groups in total. The van der Waals surface area contributed by atoms with Crippen LogP contribution in [0.5, 0.6) is 5.75 Å². The monoisotopic (exact) mass is 344 g/mol. The maximum Gasteiger partial charge on any atom is 0.255 e. The minimum absolute atomic E-state index is 0.00246. The number of thiophene rings is 1. The number of hydrogen-bond acceptors (Lipinski definition) is 4. The normalized spacial score (nSPS) is 16.9. The van der Waals surface area contributed by atoms with Crippen LogP contribution in [0.2, 0.25) is 0 Å². The molecule has 5 nitrogen and oxygen atoms in total. The van der Waals surface area contributed by atoms with Crippen LogP contribution in [0.3, 0.4) is 0 Å². The van der Waals surface area contributed by atoms with Crippen molar-refractivity contribution in [3.63, 3.8) is 0 Å². The number of benzene rings is 1. The number of likely N-dealkylation sites (tertiary alicyclic amines) is 1. The first-order valence-electron chi connectivity index (χ1n) is 7.93. The lowest BCUT2D eigenvalue weighted by atomic mass is 10.1. The maximum absolute atomic E-state index is 12.5. The first kappa shape index (κ1) is 16.5. The molecule has 1 aliphatic heterocycles. The topological polar surface area (TPSA) is 58.6 Å². The average Bonchev–Trinajstić information content (AvgIpc) is 3.29. The summed E-state index contributed by atoms with van der Waals surface area (Å²) in [7, 11) is 1.52. The quantitative estimate of drug-likeness (QED) is 0.907. The predicted octanol–water partition coefficient (Wildman–Crippen LogP) is 2.85. The van der Waals surface area contributed by atoms with E-state index < -0.39 is 0 Å². The minimum atomic E-state index is -0.299. The largest absolute Gasteiger partial charge is 0.496 e. The van der Waals surface area contributed by atoms with Crippen LogP contribution in [0.25, 0.3) is 0 Å². The van der Waals surface area contributed by atoms with Crippen molar-refractivity contribution in [2.24, 2.45) is 0 Å². The Bertz CT molecular complexity index is 715. The average molecular weight is 344 g/mol. The Kier molecular flexibility index (Phi) is 5.15. The smallest absolute Gasteiger partial charge is 0.255 e. The highest BCUT2D eigenvalue weighted by Gasteiger charge is 2.30. The molecule has 0 unspecified atom stereocenters. The third-order valence-corrected chi connectivity index (χ3v) is 4.95. The molecule has 1 aliphatic rings. The van der Waals surface area contributed by atoms with Gasteiger partial charge in [0.05, 0.1) is 25.3 Å². The summed E-state index contributed by atoms with van der Waals surface area (Å²) in [4.78, 5) is 26.7. The van der Waals surface area contributed by atoms with Gasteiger partial charge >= 0.3 is 0 Å². The number of ether oxygens (including phenoxy) is 1. The van der Waals surface area contributed by atoms with Crippen LogP contribution in [0.15, 0.2) is 41.1 Å². The fraction of sp³-hybridized carbons (Fsp3) is 0.333. The molecule has 3 rings (SSSR count). The van der Waals surface area contributed by atoms with Gasteiger partial charge in [0.1, 0.15) is 5.75 Å². The van der Waals surface area contributed by atoms with Gasteiger partial charge in [-0.1, -0.05) is 12.1 Å². The lowest BCUT2D eigenvalue weighted by Gasteiger charge is -2.24. The van der Waals surface area contributed by atoms with Crippen LogP contribution >= 0.6 is 11.3 Å². The number of para-hydroxylation sites is 1. The van der Waals surface area contributed by atoms with Gasteiger partial charge in [0.15, 0.2) is 0 Å². The molecule has 0 spiro atoms. The van der Waals surface area contributed by atoms with Gasteiger partial charge in [0, 0.05) is 6.54 Å². The molecule has 1 fully saturated rings. The second kappa shape index (κ2) is 7.49. The van der Waals surface area contributed by atoms with E-state index in [0.717, 1.165) is 19.4 Å². The van der Waals surface area contributed by atoms with Gasteiger partial charge in [-0.05, 0) is 47.4 Å². The molecule has 6 heteroatoms. The molecular formula is C18H20N2O3S. The molecule has 1 aromatic carbocycles. The van der Waals surface area contributed by atoms with Crippen LogP contribution in [-0.4, -0.2) is 36.9 Å². The molecule has 24 heavy (non-hydrogen) atoms. The molecular weight excluding hydrogens is 324 g/mol. The van der Waals surface area contributed by atoms with Gasteiger partial charge in [-0.3, -0.25) is 9.59 Å². The Morgan fingerprint density at radius 1 is 1.33 bits per heavy atom.